The van der Waals surface area contributed by atoms with Crippen molar-refractivity contribution in [3.8, 4) is 0 Å². The molecule has 1 aromatic carbocycles. The van der Waals surface area contributed by atoms with Crippen molar-refractivity contribution in [2.24, 2.45) is 0 Å². The van der Waals surface area contributed by atoms with Gasteiger partial charge in [0.1, 0.15) is 0 Å². The Labute approximate surface area is 149 Å². The number of aromatic nitrogens is 2. The number of amides is 1. The third-order valence-electron chi connectivity index (χ3n) is 3.55. The summed E-state index contributed by atoms with van der Waals surface area (Å²) in [7, 11) is 0. The summed E-state index contributed by atoms with van der Waals surface area (Å²) in [5.41, 5.74) is 2.17. The molecule has 0 radical (unpaired) electrons. The number of benzene rings is 1. The molecule has 0 spiro atoms. The van der Waals surface area contributed by atoms with Gasteiger partial charge in [0.05, 0.1) is 11.9 Å². The fourth-order valence-electron chi connectivity index (χ4n) is 2.38. The van der Waals surface area contributed by atoms with Crippen LogP contribution in [0.5, 0.6) is 0 Å². The van der Waals surface area contributed by atoms with Crippen LogP contribution in [0.4, 0.5) is 10.8 Å². The summed E-state index contributed by atoms with van der Waals surface area (Å²) in [4.78, 5) is 11.9. The molecule has 128 valence electrons. The highest BCUT2D eigenvalue weighted by molar-refractivity contribution is 8.01. The minimum atomic E-state index is -0.00102. The Balaban J connectivity index is 1.43. The molecule has 6 nitrogen and oxygen atoms in total. The number of anilines is 2. The van der Waals surface area contributed by atoms with Crippen molar-refractivity contribution in [3.63, 3.8) is 0 Å². The number of carbonyl (C=O) groups excluding carboxylic acids is 1. The van der Waals surface area contributed by atoms with E-state index in [1.807, 2.05) is 31.2 Å². The molecule has 0 aliphatic carbocycles. The van der Waals surface area contributed by atoms with Crippen molar-refractivity contribution in [3.05, 3.63) is 29.8 Å². The average molecular weight is 364 g/mol. The van der Waals surface area contributed by atoms with Crippen molar-refractivity contribution in [2.45, 2.75) is 30.2 Å². The molecule has 3 rings (SSSR count). The summed E-state index contributed by atoms with van der Waals surface area (Å²) < 4.78 is 6.26. The van der Waals surface area contributed by atoms with Gasteiger partial charge < -0.3 is 15.4 Å². The Morgan fingerprint density at radius 3 is 3.17 bits per heavy atom. The first-order valence-corrected chi connectivity index (χ1v) is 9.67. The Morgan fingerprint density at radius 2 is 2.38 bits per heavy atom. The largest absolute Gasteiger partial charge is 0.376 e. The van der Waals surface area contributed by atoms with Crippen LogP contribution in [0, 0.1) is 6.92 Å². The lowest BCUT2D eigenvalue weighted by Gasteiger charge is -2.09. The van der Waals surface area contributed by atoms with E-state index < -0.39 is 0 Å². The number of rotatable bonds is 7. The Morgan fingerprint density at radius 1 is 1.46 bits per heavy atom. The highest BCUT2D eigenvalue weighted by Gasteiger charge is 2.16. The molecule has 0 saturated carbocycles. The molecule has 8 heteroatoms. The van der Waals surface area contributed by atoms with Gasteiger partial charge in [-0.2, -0.15) is 0 Å². The molecule has 1 aliphatic rings. The second-order valence-electron chi connectivity index (χ2n) is 5.60. The van der Waals surface area contributed by atoms with E-state index in [-0.39, 0.29) is 12.0 Å². The molecule has 1 amide bonds. The molecule has 0 bridgehead atoms. The van der Waals surface area contributed by atoms with E-state index in [4.69, 9.17) is 4.74 Å². The highest BCUT2D eigenvalue weighted by Crippen LogP contribution is 2.27. The van der Waals surface area contributed by atoms with Gasteiger partial charge in [-0.1, -0.05) is 35.2 Å². The Bertz CT molecular complexity index is 686. The second kappa shape index (κ2) is 8.46. The number of ether oxygens (including phenoxy) is 1. The molecular weight excluding hydrogens is 344 g/mol. The summed E-state index contributed by atoms with van der Waals surface area (Å²) in [5.74, 6) is 0.338. The van der Waals surface area contributed by atoms with E-state index in [2.05, 4.69) is 20.8 Å². The van der Waals surface area contributed by atoms with E-state index in [0.29, 0.717) is 12.3 Å². The molecule has 1 fully saturated rings. The minimum absolute atomic E-state index is 0.00102. The van der Waals surface area contributed by atoms with Gasteiger partial charge in [-0.25, -0.2) is 0 Å². The monoisotopic (exact) mass is 364 g/mol. The predicted molar refractivity (Wildman–Crippen MR) is 97.1 cm³/mol. The number of nitrogens with one attached hydrogen (secondary N) is 2. The number of hydrogen-bond acceptors (Lipinski definition) is 7. The van der Waals surface area contributed by atoms with Gasteiger partial charge >= 0.3 is 0 Å². The number of nitrogens with zero attached hydrogens (tertiary/aromatic N) is 2. The van der Waals surface area contributed by atoms with Crippen LogP contribution in [0.15, 0.2) is 28.6 Å². The van der Waals surface area contributed by atoms with Gasteiger partial charge in [0.25, 0.3) is 0 Å². The molecule has 1 aliphatic heterocycles. The number of aryl methyl sites for hydroxylation is 1. The predicted octanol–water partition coefficient (Wildman–Crippen LogP) is 2.98. The van der Waals surface area contributed by atoms with Crippen LogP contribution in [0.25, 0.3) is 0 Å². The number of thioether (sulfide) groups is 1. The second-order valence-corrected chi connectivity index (χ2v) is 7.80. The molecule has 1 aromatic heterocycles. The van der Waals surface area contributed by atoms with Crippen molar-refractivity contribution < 1.29 is 9.53 Å². The maximum atomic E-state index is 11.9. The first kappa shape index (κ1) is 17.2. The van der Waals surface area contributed by atoms with E-state index >= 15 is 0 Å². The lowest BCUT2D eigenvalue weighted by molar-refractivity contribution is -0.119. The molecule has 2 aromatic rings. The van der Waals surface area contributed by atoms with Crippen LogP contribution >= 0.6 is 23.1 Å². The van der Waals surface area contributed by atoms with E-state index in [1.54, 1.807) is 0 Å². The topological polar surface area (TPSA) is 76.1 Å². The molecular formula is C16H20N4O2S2. The van der Waals surface area contributed by atoms with Crippen LogP contribution in [-0.2, 0) is 9.53 Å². The zero-order chi connectivity index (χ0) is 16.8. The van der Waals surface area contributed by atoms with Crippen LogP contribution in [-0.4, -0.2) is 41.1 Å². The molecule has 1 saturated heterocycles. The molecule has 2 N–H and O–H groups in total. The Kier molecular flexibility index (Phi) is 6.06. The fraction of sp³-hybridized carbons (Fsp3) is 0.438. The average Bonchev–Trinajstić information content (AvgIpc) is 3.23. The lowest BCUT2D eigenvalue weighted by atomic mass is 10.2. The van der Waals surface area contributed by atoms with Crippen molar-refractivity contribution in [1.29, 1.82) is 0 Å². The van der Waals surface area contributed by atoms with Gasteiger partial charge in [-0.3, -0.25) is 4.79 Å². The van der Waals surface area contributed by atoms with E-state index in [9.17, 15) is 4.79 Å². The summed E-state index contributed by atoms with van der Waals surface area (Å²) in [6, 6.07) is 8.07. The third-order valence-corrected chi connectivity index (χ3v) is 5.53. The minimum Gasteiger partial charge on any atom is -0.376 e. The zero-order valence-corrected chi connectivity index (χ0v) is 15.1. The quantitative estimate of drug-likeness (QED) is 0.736. The van der Waals surface area contributed by atoms with Crippen LogP contribution in [0.1, 0.15) is 18.4 Å². The summed E-state index contributed by atoms with van der Waals surface area (Å²) in [6.07, 6.45) is 2.28. The van der Waals surface area contributed by atoms with Crippen molar-refractivity contribution in [1.82, 2.24) is 15.5 Å². The molecule has 2 heterocycles. The summed E-state index contributed by atoms with van der Waals surface area (Å²) in [5, 5.41) is 15.1. The molecule has 24 heavy (non-hydrogen) atoms. The SMILES string of the molecule is Cc1cccc(Nc2nnc(SCC(=O)NC[C@@H]3CCCO3)s2)c1. The lowest BCUT2D eigenvalue weighted by Crippen LogP contribution is -2.32. The normalized spacial score (nSPS) is 17.0. The van der Waals surface area contributed by atoms with Gasteiger partial charge in [0.2, 0.25) is 11.0 Å². The smallest absolute Gasteiger partial charge is 0.230 e. The van der Waals surface area contributed by atoms with Crippen LogP contribution in [0.2, 0.25) is 0 Å². The van der Waals surface area contributed by atoms with Crippen molar-refractivity contribution >= 4 is 39.8 Å². The molecule has 1 atom stereocenters. The third kappa shape index (κ3) is 5.19. The maximum Gasteiger partial charge on any atom is 0.230 e. The highest BCUT2D eigenvalue weighted by atomic mass is 32.2. The van der Waals surface area contributed by atoms with E-state index in [1.165, 1.54) is 28.7 Å². The van der Waals surface area contributed by atoms with Gasteiger partial charge in [-0.15, -0.1) is 10.2 Å². The zero-order valence-electron chi connectivity index (χ0n) is 13.4. The van der Waals surface area contributed by atoms with Crippen LogP contribution < -0.4 is 10.6 Å². The number of carbonyl (C=O) groups is 1. The first-order valence-electron chi connectivity index (χ1n) is 7.87. The van der Waals surface area contributed by atoms with Crippen molar-refractivity contribution in [2.75, 3.05) is 24.2 Å². The Hall–Kier alpha value is -1.64. The maximum absolute atomic E-state index is 11.9. The van der Waals surface area contributed by atoms with Gasteiger partial charge in [0.15, 0.2) is 4.34 Å². The number of hydrogen-bond donors (Lipinski definition) is 2. The van der Waals surface area contributed by atoms with E-state index in [0.717, 1.165) is 34.6 Å². The standard InChI is InChI=1S/C16H20N4O2S2/c1-11-4-2-5-12(8-11)18-15-19-20-16(24-15)23-10-14(21)17-9-13-6-3-7-22-13/h2,4-5,8,13H,3,6-7,9-10H2,1H3,(H,17,21)(H,18,19)/t13-/m0/s1. The van der Waals surface area contributed by atoms with Gasteiger partial charge in [0, 0.05) is 18.8 Å². The summed E-state index contributed by atoms with van der Waals surface area (Å²) in [6.45, 7) is 3.44. The van der Waals surface area contributed by atoms with Gasteiger partial charge in [-0.05, 0) is 37.5 Å². The molecule has 0 unspecified atom stereocenters. The fourth-order valence-corrected chi connectivity index (χ4v) is 3.98. The first-order chi connectivity index (χ1) is 11.7. The summed E-state index contributed by atoms with van der Waals surface area (Å²) >= 11 is 2.84. The van der Waals surface area contributed by atoms with Crippen LogP contribution in [0.3, 0.4) is 0 Å².